The number of aryl methyl sites for hydroxylation is 1. The fourth-order valence-corrected chi connectivity index (χ4v) is 1.85. The maximum atomic E-state index is 13.0. The highest BCUT2D eigenvalue weighted by Crippen LogP contribution is 2.27. The summed E-state index contributed by atoms with van der Waals surface area (Å²) in [5.74, 6) is 0.304. The van der Waals surface area contributed by atoms with Crippen LogP contribution >= 0.6 is 0 Å². The molecule has 0 aliphatic heterocycles. The van der Waals surface area contributed by atoms with Crippen LogP contribution in [0.3, 0.4) is 0 Å². The molecule has 14 heavy (non-hydrogen) atoms. The van der Waals surface area contributed by atoms with Gasteiger partial charge >= 0.3 is 0 Å². The van der Waals surface area contributed by atoms with Crippen LogP contribution in [0.5, 0.6) is 0 Å². The molecular formula is C12H14FN. The molecule has 0 aliphatic rings. The molecule has 1 nitrogen and oxygen atoms in total. The van der Waals surface area contributed by atoms with Crippen LogP contribution in [0.4, 0.5) is 4.39 Å². The molecule has 1 aromatic heterocycles. The Morgan fingerprint density at radius 2 is 2.00 bits per heavy atom. The Balaban J connectivity index is 2.77. The molecule has 0 unspecified atom stereocenters. The largest absolute Gasteiger partial charge is 0.350 e. The molecule has 74 valence electrons. The van der Waals surface area contributed by atoms with Gasteiger partial charge in [0.05, 0.1) is 5.52 Å². The van der Waals surface area contributed by atoms with Crippen LogP contribution in [0.15, 0.2) is 24.4 Å². The van der Waals surface area contributed by atoms with Gasteiger partial charge in [-0.2, -0.15) is 0 Å². The third-order valence-corrected chi connectivity index (χ3v) is 2.61. The van der Waals surface area contributed by atoms with E-state index < -0.39 is 0 Å². The van der Waals surface area contributed by atoms with Gasteiger partial charge in [0.25, 0.3) is 0 Å². The lowest BCUT2D eigenvalue weighted by atomic mass is 10.0. The van der Waals surface area contributed by atoms with Crippen molar-refractivity contribution in [3.8, 4) is 0 Å². The lowest BCUT2D eigenvalue weighted by Crippen LogP contribution is -1.84. The predicted octanol–water partition coefficient (Wildman–Crippen LogP) is 3.44. The molecule has 1 heterocycles. The molecule has 2 aromatic rings. The molecule has 0 aliphatic carbocycles. The van der Waals surface area contributed by atoms with E-state index in [0.717, 1.165) is 10.9 Å². The van der Waals surface area contributed by atoms with Gasteiger partial charge in [-0.25, -0.2) is 4.39 Å². The van der Waals surface area contributed by atoms with Crippen LogP contribution < -0.4 is 0 Å². The van der Waals surface area contributed by atoms with Gasteiger partial charge < -0.3 is 4.57 Å². The Bertz CT molecular complexity index is 468. The monoisotopic (exact) mass is 191 g/mol. The number of benzene rings is 1. The summed E-state index contributed by atoms with van der Waals surface area (Å²) >= 11 is 0. The number of rotatable bonds is 1. The average Bonchev–Trinajstić information content (AvgIpc) is 2.44. The lowest BCUT2D eigenvalue weighted by molar-refractivity contribution is 0.629. The first kappa shape index (κ1) is 9.25. The SMILES string of the molecule is CC(C)c1cn(C)c2cc(F)ccc12. The van der Waals surface area contributed by atoms with E-state index in [4.69, 9.17) is 0 Å². The molecule has 0 radical (unpaired) electrons. The normalized spacial score (nSPS) is 11.5. The zero-order valence-electron chi connectivity index (χ0n) is 8.71. The molecule has 1 aromatic carbocycles. The summed E-state index contributed by atoms with van der Waals surface area (Å²) in [6, 6.07) is 4.97. The van der Waals surface area contributed by atoms with Crippen molar-refractivity contribution in [3.05, 3.63) is 35.8 Å². The minimum atomic E-state index is -0.172. The zero-order chi connectivity index (χ0) is 10.3. The smallest absolute Gasteiger partial charge is 0.125 e. The number of aromatic nitrogens is 1. The summed E-state index contributed by atoms with van der Waals surface area (Å²) in [6.45, 7) is 4.30. The van der Waals surface area contributed by atoms with Crippen molar-refractivity contribution in [2.45, 2.75) is 19.8 Å². The van der Waals surface area contributed by atoms with Gasteiger partial charge in [0.2, 0.25) is 0 Å². The summed E-state index contributed by atoms with van der Waals surface area (Å²) in [7, 11) is 1.95. The van der Waals surface area contributed by atoms with E-state index in [1.807, 2.05) is 17.7 Å². The van der Waals surface area contributed by atoms with Gasteiger partial charge in [0, 0.05) is 18.6 Å². The highest BCUT2D eigenvalue weighted by Gasteiger charge is 2.09. The van der Waals surface area contributed by atoms with E-state index in [1.54, 1.807) is 6.07 Å². The van der Waals surface area contributed by atoms with E-state index in [2.05, 4.69) is 20.0 Å². The van der Waals surface area contributed by atoms with E-state index >= 15 is 0 Å². The second-order valence-electron chi connectivity index (χ2n) is 4.01. The highest BCUT2D eigenvalue weighted by molar-refractivity contribution is 5.84. The first-order valence-corrected chi connectivity index (χ1v) is 4.84. The average molecular weight is 191 g/mol. The van der Waals surface area contributed by atoms with Crippen LogP contribution in [0.25, 0.3) is 10.9 Å². The van der Waals surface area contributed by atoms with Gasteiger partial charge in [-0.3, -0.25) is 0 Å². The molecule has 0 saturated heterocycles. The number of halogens is 1. The third-order valence-electron chi connectivity index (χ3n) is 2.61. The van der Waals surface area contributed by atoms with E-state index in [1.165, 1.54) is 11.6 Å². The molecule has 2 rings (SSSR count). The van der Waals surface area contributed by atoms with Crippen LogP contribution in [0.1, 0.15) is 25.3 Å². The van der Waals surface area contributed by atoms with Crippen molar-refractivity contribution < 1.29 is 4.39 Å². The quantitative estimate of drug-likeness (QED) is 0.650. The van der Waals surface area contributed by atoms with Crippen molar-refractivity contribution in [2.24, 2.45) is 7.05 Å². The summed E-state index contributed by atoms with van der Waals surface area (Å²) in [6.07, 6.45) is 2.08. The lowest BCUT2D eigenvalue weighted by Gasteiger charge is -2.01. The predicted molar refractivity (Wildman–Crippen MR) is 57.0 cm³/mol. The van der Waals surface area contributed by atoms with Gasteiger partial charge in [-0.1, -0.05) is 13.8 Å². The Morgan fingerprint density at radius 3 is 2.64 bits per heavy atom. The van der Waals surface area contributed by atoms with Gasteiger partial charge in [-0.15, -0.1) is 0 Å². The number of hydrogen-bond donors (Lipinski definition) is 0. The van der Waals surface area contributed by atoms with Crippen LogP contribution in [-0.4, -0.2) is 4.57 Å². The van der Waals surface area contributed by atoms with Crippen molar-refractivity contribution in [1.82, 2.24) is 4.57 Å². The third kappa shape index (κ3) is 1.31. The Kier molecular flexibility index (Phi) is 2.06. The second kappa shape index (κ2) is 3.12. The van der Waals surface area contributed by atoms with E-state index in [-0.39, 0.29) is 5.82 Å². The number of nitrogens with zero attached hydrogens (tertiary/aromatic N) is 1. The van der Waals surface area contributed by atoms with Gasteiger partial charge in [-0.05, 0) is 29.7 Å². The van der Waals surface area contributed by atoms with Crippen molar-refractivity contribution in [2.75, 3.05) is 0 Å². The molecule has 0 N–H and O–H groups in total. The highest BCUT2D eigenvalue weighted by atomic mass is 19.1. The van der Waals surface area contributed by atoms with Crippen LogP contribution in [0.2, 0.25) is 0 Å². The summed E-state index contributed by atoms with van der Waals surface area (Å²) in [5.41, 5.74) is 2.25. The summed E-state index contributed by atoms with van der Waals surface area (Å²) in [4.78, 5) is 0. The topological polar surface area (TPSA) is 4.93 Å². The molecule has 0 bridgehead atoms. The maximum absolute atomic E-state index is 13.0. The fraction of sp³-hybridized carbons (Fsp3) is 0.333. The van der Waals surface area contributed by atoms with Crippen molar-refractivity contribution >= 4 is 10.9 Å². The molecule has 0 fully saturated rings. The molecule has 0 spiro atoms. The van der Waals surface area contributed by atoms with E-state index in [9.17, 15) is 4.39 Å². The van der Waals surface area contributed by atoms with Gasteiger partial charge in [0.15, 0.2) is 0 Å². The summed E-state index contributed by atoms with van der Waals surface area (Å²) < 4.78 is 15.0. The second-order valence-corrected chi connectivity index (χ2v) is 4.01. The number of hydrogen-bond acceptors (Lipinski definition) is 0. The first-order chi connectivity index (χ1) is 6.59. The first-order valence-electron chi connectivity index (χ1n) is 4.84. The molecule has 0 amide bonds. The standard InChI is InChI=1S/C12H14FN/c1-8(2)11-7-14(3)12-6-9(13)4-5-10(11)12/h4-8H,1-3H3. The molecule has 0 atom stereocenters. The zero-order valence-corrected chi connectivity index (χ0v) is 8.71. The minimum Gasteiger partial charge on any atom is -0.350 e. The van der Waals surface area contributed by atoms with E-state index in [0.29, 0.717) is 5.92 Å². The fourth-order valence-electron chi connectivity index (χ4n) is 1.85. The maximum Gasteiger partial charge on any atom is 0.125 e. The van der Waals surface area contributed by atoms with Crippen molar-refractivity contribution in [1.29, 1.82) is 0 Å². The van der Waals surface area contributed by atoms with Crippen LogP contribution in [0, 0.1) is 5.82 Å². The Morgan fingerprint density at radius 1 is 1.29 bits per heavy atom. The van der Waals surface area contributed by atoms with Crippen LogP contribution in [-0.2, 0) is 7.05 Å². The summed E-state index contributed by atoms with van der Waals surface area (Å²) in [5, 5.41) is 1.16. The van der Waals surface area contributed by atoms with Gasteiger partial charge in [0.1, 0.15) is 5.82 Å². The Labute approximate surface area is 83.2 Å². The van der Waals surface area contributed by atoms with Crippen molar-refractivity contribution in [3.63, 3.8) is 0 Å². The molecular weight excluding hydrogens is 177 g/mol. The number of fused-ring (bicyclic) bond motifs is 1. The Hall–Kier alpha value is -1.31. The minimum absolute atomic E-state index is 0.172. The molecule has 2 heteroatoms. The molecule has 0 saturated carbocycles.